The quantitative estimate of drug-likeness (QED) is 0.660. The van der Waals surface area contributed by atoms with E-state index in [9.17, 15) is 9.59 Å². The van der Waals surface area contributed by atoms with Crippen molar-refractivity contribution in [2.45, 2.75) is 25.7 Å². The van der Waals surface area contributed by atoms with Crippen LogP contribution in [0.4, 0.5) is 0 Å². The molecule has 0 aliphatic carbocycles. The molecule has 0 spiro atoms. The summed E-state index contributed by atoms with van der Waals surface area (Å²) >= 11 is 0. The van der Waals surface area contributed by atoms with Crippen molar-refractivity contribution in [1.29, 1.82) is 5.26 Å². The van der Waals surface area contributed by atoms with Gasteiger partial charge in [0.2, 0.25) is 5.91 Å². The van der Waals surface area contributed by atoms with E-state index in [1.807, 2.05) is 11.0 Å². The van der Waals surface area contributed by atoms with E-state index in [-0.39, 0.29) is 18.2 Å². The summed E-state index contributed by atoms with van der Waals surface area (Å²) in [5.74, 6) is -0.732. The van der Waals surface area contributed by atoms with Crippen molar-refractivity contribution in [2.75, 3.05) is 26.2 Å². The second-order valence-corrected chi connectivity index (χ2v) is 4.60. The first kappa shape index (κ1) is 14.5. The van der Waals surface area contributed by atoms with Crippen LogP contribution < -0.4 is 5.32 Å². The number of carbonyl (C=O) groups excluding carboxylic acids is 1. The second-order valence-electron chi connectivity index (χ2n) is 4.60. The number of amides is 1. The Morgan fingerprint density at radius 1 is 1.50 bits per heavy atom. The van der Waals surface area contributed by atoms with Gasteiger partial charge in [0.05, 0.1) is 19.0 Å². The Morgan fingerprint density at radius 2 is 2.28 bits per heavy atom. The van der Waals surface area contributed by atoms with Crippen LogP contribution in [0.2, 0.25) is 0 Å². The molecule has 0 bridgehead atoms. The number of nitrogens with one attached hydrogen (secondary N) is 1. The van der Waals surface area contributed by atoms with E-state index < -0.39 is 5.97 Å². The molecule has 1 unspecified atom stereocenters. The van der Waals surface area contributed by atoms with Gasteiger partial charge in [-0.2, -0.15) is 5.26 Å². The Morgan fingerprint density at radius 3 is 2.94 bits per heavy atom. The van der Waals surface area contributed by atoms with Crippen LogP contribution in [0.25, 0.3) is 0 Å². The number of aliphatic carboxylic acids is 1. The normalized spacial score (nSPS) is 20.1. The van der Waals surface area contributed by atoms with Gasteiger partial charge in [-0.15, -0.1) is 0 Å². The number of piperidine rings is 1. The van der Waals surface area contributed by atoms with Gasteiger partial charge in [-0.1, -0.05) is 0 Å². The van der Waals surface area contributed by atoms with E-state index in [1.54, 1.807) is 0 Å². The number of nitrogens with zero attached hydrogens (tertiary/aromatic N) is 2. The van der Waals surface area contributed by atoms with Crippen molar-refractivity contribution < 1.29 is 14.7 Å². The highest BCUT2D eigenvalue weighted by atomic mass is 16.4. The third kappa shape index (κ3) is 5.64. The molecule has 6 nitrogen and oxygen atoms in total. The van der Waals surface area contributed by atoms with Crippen LogP contribution in [0, 0.1) is 17.2 Å². The van der Waals surface area contributed by atoms with Crippen molar-refractivity contribution in [2.24, 2.45) is 5.92 Å². The van der Waals surface area contributed by atoms with Crippen LogP contribution in [-0.4, -0.2) is 48.1 Å². The lowest BCUT2D eigenvalue weighted by molar-refractivity contribution is -0.138. The van der Waals surface area contributed by atoms with Gasteiger partial charge in [0.1, 0.15) is 0 Å². The maximum Gasteiger partial charge on any atom is 0.303 e. The van der Waals surface area contributed by atoms with E-state index in [0.717, 1.165) is 19.4 Å². The van der Waals surface area contributed by atoms with E-state index in [1.165, 1.54) is 0 Å². The third-order valence-corrected chi connectivity index (χ3v) is 2.99. The van der Waals surface area contributed by atoms with Gasteiger partial charge in [-0.25, -0.2) is 0 Å². The van der Waals surface area contributed by atoms with Gasteiger partial charge in [0.15, 0.2) is 0 Å². The molecule has 0 radical (unpaired) electrons. The fourth-order valence-electron chi connectivity index (χ4n) is 2.23. The van der Waals surface area contributed by atoms with E-state index in [2.05, 4.69) is 5.32 Å². The monoisotopic (exact) mass is 253 g/mol. The molecule has 2 N–H and O–H groups in total. The summed E-state index contributed by atoms with van der Waals surface area (Å²) in [4.78, 5) is 24.2. The lowest BCUT2D eigenvalue weighted by Gasteiger charge is -2.31. The molecule has 1 rings (SSSR count). The predicted octanol–water partition coefficient (Wildman–Crippen LogP) is 0.203. The van der Waals surface area contributed by atoms with Crippen molar-refractivity contribution in [1.82, 2.24) is 10.2 Å². The molecule has 1 amide bonds. The zero-order chi connectivity index (χ0) is 13.4. The minimum Gasteiger partial charge on any atom is -0.481 e. The molecule has 0 aromatic carbocycles. The molecule has 0 saturated carbocycles. The van der Waals surface area contributed by atoms with Crippen molar-refractivity contribution in [3.8, 4) is 6.07 Å². The molecule has 100 valence electrons. The molecule has 0 aromatic heterocycles. The van der Waals surface area contributed by atoms with Crippen LogP contribution in [0.5, 0.6) is 0 Å². The summed E-state index contributed by atoms with van der Waals surface area (Å²) in [7, 11) is 0. The number of likely N-dealkylation sites (tertiary alicyclic amines) is 1. The second kappa shape index (κ2) is 7.67. The van der Waals surface area contributed by atoms with E-state index >= 15 is 0 Å². The fourth-order valence-corrected chi connectivity index (χ4v) is 2.23. The molecule has 1 aliphatic heterocycles. The first-order chi connectivity index (χ1) is 8.61. The standard InChI is InChI=1S/C12H19N3O3/c13-4-2-5-14-11(16)9-15-6-1-3-10(8-15)7-12(17)18/h10H,1-3,5-9H2,(H,14,16)(H,17,18). The Bertz CT molecular complexity index is 338. The molecule has 6 heteroatoms. The van der Waals surface area contributed by atoms with Gasteiger partial charge in [-0.05, 0) is 25.3 Å². The highest BCUT2D eigenvalue weighted by Crippen LogP contribution is 2.19. The summed E-state index contributed by atoms with van der Waals surface area (Å²) < 4.78 is 0. The smallest absolute Gasteiger partial charge is 0.303 e. The summed E-state index contributed by atoms with van der Waals surface area (Å²) in [6.45, 7) is 2.17. The van der Waals surface area contributed by atoms with Crippen molar-refractivity contribution in [3.63, 3.8) is 0 Å². The highest BCUT2D eigenvalue weighted by Gasteiger charge is 2.23. The molecule has 1 heterocycles. The topological polar surface area (TPSA) is 93.4 Å². The predicted molar refractivity (Wildman–Crippen MR) is 64.7 cm³/mol. The molecular formula is C12H19N3O3. The number of hydrogen-bond acceptors (Lipinski definition) is 4. The zero-order valence-corrected chi connectivity index (χ0v) is 10.4. The molecule has 18 heavy (non-hydrogen) atoms. The molecule has 1 saturated heterocycles. The minimum atomic E-state index is -0.777. The average molecular weight is 253 g/mol. The van der Waals surface area contributed by atoms with Gasteiger partial charge >= 0.3 is 5.97 Å². The Kier molecular flexibility index (Phi) is 6.15. The van der Waals surface area contributed by atoms with E-state index in [4.69, 9.17) is 10.4 Å². The zero-order valence-electron chi connectivity index (χ0n) is 10.4. The number of hydrogen-bond donors (Lipinski definition) is 2. The van der Waals surface area contributed by atoms with Crippen molar-refractivity contribution in [3.05, 3.63) is 0 Å². The molecular weight excluding hydrogens is 234 g/mol. The van der Waals surface area contributed by atoms with Gasteiger partial charge in [0.25, 0.3) is 0 Å². The Balaban J connectivity index is 2.27. The van der Waals surface area contributed by atoms with Gasteiger partial charge in [-0.3, -0.25) is 14.5 Å². The molecule has 1 aliphatic rings. The lowest BCUT2D eigenvalue weighted by atomic mass is 9.95. The summed E-state index contributed by atoms with van der Waals surface area (Å²) in [6, 6.07) is 1.96. The van der Waals surface area contributed by atoms with Crippen LogP contribution in [-0.2, 0) is 9.59 Å². The lowest BCUT2D eigenvalue weighted by Crippen LogP contribution is -2.43. The number of nitriles is 1. The van der Waals surface area contributed by atoms with Crippen LogP contribution in [0.15, 0.2) is 0 Å². The number of rotatable bonds is 6. The van der Waals surface area contributed by atoms with Crippen LogP contribution in [0.1, 0.15) is 25.7 Å². The average Bonchev–Trinajstić information content (AvgIpc) is 2.28. The van der Waals surface area contributed by atoms with E-state index in [0.29, 0.717) is 26.1 Å². The van der Waals surface area contributed by atoms with Gasteiger partial charge in [0, 0.05) is 19.5 Å². The fraction of sp³-hybridized carbons (Fsp3) is 0.750. The molecule has 1 atom stereocenters. The summed E-state index contributed by atoms with van der Waals surface area (Å²) in [5.41, 5.74) is 0. The number of carboxylic acid groups (broad SMARTS) is 1. The van der Waals surface area contributed by atoms with Crippen LogP contribution >= 0.6 is 0 Å². The Labute approximate surface area is 107 Å². The maximum atomic E-state index is 11.5. The maximum absolute atomic E-state index is 11.5. The summed E-state index contributed by atoms with van der Waals surface area (Å²) in [6.07, 6.45) is 2.34. The van der Waals surface area contributed by atoms with Crippen LogP contribution in [0.3, 0.4) is 0 Å². The number of carboxylic acids is 1. The van der Waals surface area contributed by atoms with Gasteiger partial charge < -0.3 is 10.4 Å². The first-order valence-electron chi connectivity index (χ1n) is 6.19. The highest BCUT2D eigenvalue weighted by molar-refractivity contribution is 5.78. The molecule has 0 aromatic rings. The SMILES string of the molecule is N#CCCNC(=O)CN1CCCC(CC(=O)O)C1. The van der Waals surface area contributed by atoms with Crippen molar-refractivity contribution >= 4 is 11.9 Å². The molecule has 1 fully saturated rings. The first-order valence-corrected chi connectivity index (χ1v) is 6.19. The third-order valence-electron chi connectivity index (χ3n) is 2.99. The largest absolute Gasteiger partial charge is 0.481 e. The minimum absolute atomic E-state index is 0.0961. The Hall–Kier alpha value is -1.61. The number of carbonyl (C=O) groups is 2. The summed E-state index contributed by atoms with van der Waals surface area (Å²) in [5, 5.41) is 19.8.